The number of anilines is 1. The molecule has 2 heterocycles. The summed E-state index contributed by atoms with van der Waals surface area (Å²) in [6, 6.07) is 18.1. The van der Waals surface area contributed by atoms with Gasteiger partial charge in [0.2, 0.25) is 0 Å². The van der Waals surface area contributed by atoms with Gasteiger partial charge in [-0.2, -0.15) is 0 Å². The van der Waals surface area contributed by atoms with Crippen molar-refractivity contribution in [1.82, 2.24) is 14.7 Å². The summed E-state index contributed by atoms with van der Waals surface area (Å²) in [4.78, 5) is 40.6. The number of fused-ring (bicyclic) bond motifs is 1. The maximum atomic E-state index is 13.5. The first-order valence-electron chi connectivity index (χ1n) is 12.6. The molecule has 0 saturated carbocycles. The van der Waals surface area contributed by atoms with Gasteiger partial charge in [0.1, 0.15) is 5.82 Å². The van der Waals surface area contributed by atoms with E-state index in [1.54, 1.807) is 18.2 Å². The Hall–Kier alpha value is -4.73. The molecule has 0 aliphatic rings. The fourth-order valence-electron chi connectivity index (χ4n) is 4.38. The van der Waals surface area contributed by atoms with Gasteiger partial charge in [0.25, 0.3) is 11.6 Å². The second kappa shape index (κ2) is 11.3. The number of aromatic nitrogens is 2. The number of amides is 1. The molecule has 202 valence electrons. The van der Waals surface area contributed by atoms with E-state index < -0.39 is 29.3 Å². The molecule has 2 aromatic carbocycles. The van der Waals surface area contributed by atoms with Crippen LogP contribution in [-0.2, 0) is 17.6 Å². The lowest BCUT2D eigenvalue weighted by Gasteiger charge is -2.22. The molecule has 0 saturated heterocycles. The van der Waals surface area contributed by atoms with Gasteiger partial charge in [0.05, 0.1) is 28.6 Å². The van der Waals surface area contributed by atoms with Crippen molar-refractivity contribution in [2.24, 2.45) is 0 Å². The predicted molar refractivity (Wildman–Crippen MR) is 148 cm³/mol. The Morgan fingerprint density at radius 3 is 2.46 bits per heavy atom. The summed E-state index contributed by atoms with van der Waals surface area (Å²) in [6.07, 6.45) is 2.79. The average molecular weight is 530 g/mol. The molecule has 1 atom stereocenters. The molecule has 3 N–H and O–H groups in total. The van der Waals surface area contributed by atoms with Crippen molar-refractivity contribution in [1.29, 1.82) is 0 Å². The number of aryl methyl sites for hydroxylation is 2. The SMILES string of the molecule is CC(C)(C)Nc1c(CCc2ccccc2)nc2c(C(=O)NC(CC(=O)O)c3cccc([N+](=O)[O-])c3)cccn12. The Morgan fingerprint density at radius 2 is 1.79 bits per heavy atom. The summed E-state index contributed by atoms with van der Waals surface area (Å²) < 4.78 is 1.83. The minimum atomic E-state index is -1.15. The molecule has 0 fully saturated rings. The number of nitrogens with zero attached hydrogens (tertiary/aromatic N) is 3. The number of aliphatic carboxylic acids is 1. The number of carboxylic acids is 1. The van der Waals surface area contributed by atoms with E-state index in [9.17, 15) is 24.8 Å². The molecule has 39 heavy (non-hydrogen) atoms. The Balaban J connectivity index is 1.70. The highest BCUT2D eigenvalue weighted by Crippen LogP contribution is 2.27. The van der Waals surface area contributed by atoms with Crippen LogP contribution in [0.5, 0.6) is 0 Å². The molecule has 0 aliphatic heterocycles. The molecule has 0 bridgehead atoms. The third-order valence-electron chi connectivity index (χ3n) is 6.12. The number of carbonyl (C=O) groups excluding carboxylic acids is 1. The van der Waals surface area contributed by atoms with Crippen LogP contribution in [0.25, 0.3) is 5.65 Å². The molecular weight excluding hydrogens is 498 g/mol. The maximum absolute atomic E-state index is 13.5. The molecule has 1 amide bonds. The summed E-state index contributed by atoms with van der Waals surface area (Å²) in [5.74, 6) is -0.894. The number of benzene rings is 2. The average Bonchev–Trinajstić information content (AvgIpc) is 3.23. The fraction of sp³-hybridized carbons (Fsp3) is 0.276. The normalized spacial score (nSPS) is 12.2. The highest BCUT2D eigenvalue weighted by Gasteiger charge is 2.25. The lowest BCUT2D eigenvalue weighted by Crippen LogP contribution is -2.30. The summed E-state index contributed by atoms with van der Waals surface area (Å²) in [7, 11) is 0. The van der Waals surface area contributed by atoms with E-state index in [2.05, 4.69) is 22.8 Å². The number of nitro benzene ring substituents is 1. The standard InChI is InChI=1S/C29H31N5O5/c1-29(2,3)32-27-23(15-14-19-9-5-4-6-10-19)30-26-22(13-8-16-33(26)27)28(37)31-24(18-25(35)36)20-11-7-12-21(17-20)34(38)39/h4-13,16-17,24,32H,14-15,18H2,1-3H3,(H,31,37)(H,35,36). The van der Waals surface area contributed by atoms with E-state index in [0.29, 0.717) is 17.6 Å². The van der Waals surface area contributed by atoms with Gasteiger partial charge in [-0.05, 0) is 56.9 Å². The maximum Gasteiger partial charge on any atom is 0.305 e. The van der Waals surface area contributed by atoms with Crippen molar-refractivity contribution in [3.8, 4) is 0 Å². The van der Waals surface area contributed by atoms with Crippen molar-refractivity contribution in [2.75, 3.05) is 5.32 Å². The highest BCUT2D eigenvalue weighted by atomic mass is 16.6. The van der Waals surface area contributed by atoms with Crippen molar-refractivity contribution in [3.05, 3.63) is 105 Å². The number of imidazole rings is 1. The van der Waals surface area contributed by atoms with Crippen molar-refractivity contribution in [2.45, 2.75) is 51.6 Å². The number of pyridine rings is 1. The number of carboxylic acid groups (broad SMARTS) is 1. The van der Waals surface area contributed by atoms with Crippen LogP contribution in [0.4, 0.5) is 11.5 Å². The van der Waals surface area contributed by atoms with Gasteiger partial charge in [0.15, 0.2) is 5.65 Å². The van der Waals surface area contributed by atoms with Crippen molar-refractivity contribution >= 4 is 29.0 Å². The second-order valence-corrected chi connectivity index (χ2v) is 10.4. The zero-order valence-electron chi connectivity index (χ0n) is 22.0. The summed E-state index contributed by atoms with van der Waals surface area (Å²) >= 11 is 0. The molecular formula is C29H31N5O5. The van der Waals surface area contributed by atoms with E-state index in [0.717, 1.165) is 17.9 Å². The number of hydrogen-bond donors (Lipinski definition) is 3. The molecule has 0 radical (unpaired) electrons. The van der Waals surface area contributed by atoms with Crippen LogP contribution in [0.1, 0.15) is 60.4 Å². The second-order valence-electron chi connectivity index (χ2n) is 10.4. The van der Waals surface area contributed by atoms with Crippen LogP contribution in [0.15, 0.2) is 72.9 Å². The summed E-state index contributed by atoms with van der Waals surface area (Å²) in [5, 5.41) is 27.0. The van der Waals surface area contributed by atoms with Gasteiger partial charge in [-0.25, -0.2) is 4.98 Å². The first-order chi connectivity index (χ1) is 18.5. The van der Waals surface area contributed by atoms with Gasteiger partial charge in [-0.15, -0.1) is 0 Å². The molecule has 2 aromatic heterocycles. The first-order valence-corrected chi connectivity index (χ1v) is 12.6. The number of non-ortho nitro benzene ring substituents is 1. The van der Waals surface area contributed by atoms with Crippen LogP contribution >= 0.6 is 0 Å². The Bertz CT molecular complexity index is 1510. The summed E-state index contributed by atoms with van der Waals surface area (Å²) in [5.41, 5.74) is 2.53. The number of nitro groups is 1. The van der Waals surface area contributed by atoms with Crippen LogP contribution in [-0.4, -0.2) is 36.8 Å². The largest absolute Gasteiger partial charge is 0.481 e. The zero-order valence-corrected chi connectivity index (χ0v) is 22.0. The van der Waals surface area contributed by atoms with E-state index >= 15 is 0 Å². The zero-order chi connectivity index (χ0) is 28.2. The number of carbonyl (C=O) groups is 2. The smallest absolute Gasteiger partial charge is 0.305 e. The summed E-state index contributed by atoms with van der Waals surface area (Å²) in [6.45, 7) is 6.12. The molecule has 4 rings (SSSR count). The third kappa shape index (κ3) is 6.78. The predicted octanol–water partition coefficient (Wildman–Crippen LogP) is 5.18. The molecule has 0 aliphatic carbocycles. The van der Waals surface area contributed by atoms with Gasteiger partial charge < -0.3 is 15.7 Å². The third-order valence-corrected chi connectivity index (χ3v) is 6.12. The quantitative estimate of drug-likeness (QED) is 0.190. The van der Waals surface area contributed by atoms with Crippen LogP contribution in [0, 0.1) is 10.1 Å². The Morgan fingerprint density at radius 1 is 1.05 bits per heavy atom. The first kappa shape index (κ1) is 27.3. The van der Waals surface area contributed by atoms with E-state index in [1.807, 2.05) is 49.6 Å². The molecule has 10 nitrogen and oxygen atoms in total. The van der Waals surface area contributed by atoms with E-state index in [-0.39, 0.29) is 16.8 Å². The minimum Gasteiger partial charge on any atom is -0.481 e. The minimum absolute atomic E-state index is 0.187. The molecule has 0 spiro atoms. The Kier molecular flexibility index (Phi) is 7.94. The van der Waals surface area contributed by atoms with Crippen molar-refractivity contribution < 1.29 is 19.6 Å². The van der Waals surface area contributed by atoms with E-state index in [4.69, 9.17) is 4.98 Å². The lowest BCUT2D eigenvalue weighted by molar-refractivity contribution is -0.384. The number of hydrogen-bond acceptors (Lipinski definition) is 6. The number of nitrogens with one attached hydrogen (secondary N) is 2. The molecule has 10 heteroatoms. The lowest BCUT2D eigenvalue weighted by atomic mass is 10.0. The fourth-order valence-corrected chi connectivity index (χ4v) is 4.38. The van der Waals surface area contributed by atoms with Crippen LogP contribution in [0.2, 0.25) is 0 Å². The molecule has 1 unspecified atom stereocenters. The van der Waals surface area contributed by atoms with Crippen LogP contribution in [0.3, 0.4) is 0 Å². The topological polar surface area (TPSA) is 139 Å². The molecule has 4 aromatic rings. The van der Waals surface area contributed by atoms with Gasteiger partial charge >= 0.3 is 5.97 Å². The van der Waals surface area contributed by atoms with Crippen molar-refractivity contribution in [3.63, 3.8) is 0 Å². The van der Waals surface area contributed by atoms with Crippen LogP contribution < -0.4 is 10.6 Å². The van der Waals surface area contributed by atoms with E-state index in [1.165, 1.54) is 23.8 Å². The highest BCUT2D eigenvalue weighted by molar-refractivity contribution is 6.00. The van der Waals surface area contributed by atoms with Gasteiger partial charge in [-0.1, -0.05) is 42.5 Å². The van der Waals surface area contributed by atoms with Gasteiger partial charge in [0, 0.05) is 23.9 Å². The Labute approximate surface area is 225 Å². The van der Waals surface area contributed by atoms with Gasteiger partial charge in [-0.3, -0.25) is 24.1 Å². The number of rotatable bonds is 10. The monoisotopic (exact) mass is 529 g/mol.